The maximum absolute atomic E-state index is 13.1. The number of fused-ring (bicyclic) bond motifs is 3. The van der Waals surface area contributed by atoms with Crippen molar-refractivity contribution in [2.24, 2.45) is 0 Å². The fourth-order valence-corrected chi connectivity index (χ4v) is 3.44. The van der Waals surface area contributed by atoms with Crippen molar-refractivity contribution in [2.45, 2.75) is 5.92 Å². The third-order valence-electron chi connectivity index (χ3n) is 4.73. The maximum Gasteiger partial charge on any atom is 0.336 e. The lowest BCUT2D eigenvalue weighted by Gasteiger charge is -2.26. The van der Waals surface area contributed by atoms with Gasteiger partial charge in [0.15, 0.2) is 0 Å². The standard InChI is InChI=1S/C23H14O5/c24-21-12-10-14-9-11-15(13-20(14)28-21)26-23(25)22-16-5-1-3-7-18(16)27-19-8-4-2-6-17(19)22/h1-13,22H. The molecule has 0 spiro atoms. The van der Waals surface area contributed by atoms with Gasteiger partial charge in [0.05, 0.1) is 0 Å². The van der Waals surface area contributed by atoms with Crippen molar-refractivity contribution in [3.63, 3.8) is 0 Å². The van der Waals surface area contributed by atoms with E-state index in [1.54, 1.807) is 24.3 Å². The molecule has 28 heavy (non-hydrogen) atoms. The fourth-order valence-electron chi connectivity index (χ4n) is 3.44. The molecule has 136 valence electrons. The first-order valence-electron chi connectivity index (χ1n) is 8.80. The summed E-state index contributed by atoms with van der Waals surface area (Å²) in [5.41, 5.74) is 1.41. The normalized spacial score (nSPS) is 12.7. The summed E-state index contributed by atoms with van der Waals surface area (Å²) in [4.78, 5) is 24.6. The first-order valence-corrected chi connectivity index (χ1v) is 8.80. The van der Waals surface area contributed by atoms with Crippen molar-refractivity contribution in [1.82, 2.24) is 0 Å². The van der Waals surface area contributed by atoms with Gasteiger partial charge in [-0.3, -0.25) is 4.79 Å². The highest BCUT2D eigenvalue weighted by Crippen LogP contribution is 2.44. The Kier molecular flexibility index (Phi) is 3.72. The van der Waals surface area contributed by atoms with Gasteiger partial charge in [-0.05, 0) is 30.3 Å². The Morgan fingerprint density at radius 2 is 1.46 bits per heavy atom. The highest BCUT2D eigenvalue weighted by atomic mass is 16.5. The Labute approximate surface area is 159 Å². The molecule has 0 amide bonds. The molecule has 0 aliphatic carbocycles. The maximum atomic E-state index is 13.1. The first-order chi connectivity index (χ1) is 13.7. The second kappa shape index (κ2) is 6.39. The molecule has 0 radical (unpaired) electrons. The van der Waals surface area contributed by atoms with Crippen LogP contribution < -0.4 is 15.1 Å². The van der Waals surface area contributed by atoms with Crippen molar-refractivity contribution in [1.29, 1.82) is 0 Å². The molecule has 0 saturated carbocycles. The van der Waals surface area contributed by atoms with Gasteiger partial charge in [0.25, 0.3) is 0 Å². The lowest BCUT2D eigenvalue weighted by atomic mass is 9.88. The number of para-hydroxylation sites is 2. The third kappa shape index (κ3) is 2.74. The minimum atomic E-state index is -0.611. The van der Waals surface area contributed by atoms with Crippen LogP contribution in [0.1, 0.15) is 17.0 Å². The van der Waals surface area contributed by atoms with E-state index in [0.29, 0.717) is 22.8 Å². The number of carbonyl (C=O) groups is 1. The Balaban J connectivity index is 1.54. The van der Waals surface area contributed by atoms with Crippen molar-refractivity contribution in [3.8, 4) is 17.2 Å². The fraction of sp³-hybridized carbons (Fsp3) is 0.0435. The number of esters is 1. The average molecular weight is 370 g/mol. The molecule has 0 N–H and O–H groups in total. The van der Waals surface area contributed by atoms with E-state index in [4.69, 9.17) is 13.9 Å². The lowest BCUT2D eigenvalue weighted by Crippen LogP contribution is -2.23. The van der Waals surface area contributed by atoms with Crippen molar-refractivity contribution in [2.75, 3.05) is 0 Å². The largest absolute Gasteiger partial charge is 0.457 e. The van der Waals surface area contributed by atoms with Gasteiger partial charge in [-0.2, -0.15) is 0 Å². The topological polar surface area (TPSA) is 65.7 Å². The van der Waals surface area contributed by atoms with Gasteiger partial charge in [0.1, 0.15) is 28.7 Å². The van der Waals surface area contributed by atoms with Gasteiger partial charge in [0, 0.05) is 28.6 Å². The summed E-state index contributed by atoms with van der Waals surface area (Å²) in [7, 11) is 0. The van der Waals surface area contributed by atoms with Gasteiger partial charge in [-0.15, -0.1) is 0 Å². The van der Waals surface area contributed by atoms with Crippen LogP contribution in [0, 0.1) is 0 Å². The molecule has 4 aromatic rings. The summed E-state index contributed by atoms with van der Waals surface area (Å²) < 4.78 is 16.8. The van der Waals surface area contributed by atoms with Crippen LogP contribution >= 0.6 is 0 Å². The summed E-state index contributed by atoms with van der Waals surface area (Å²) in [5, 5.41) is 0.751. The summed E-state index contributed by atoms with van der Waals surface area (Å²) in [6.07, 6.45) is 0. The molecule has 1 aliphatic rings. The zero-order chi connectivity index (χ0) is 19.1. The lowest BCUT2D eigenvalue weighted by molar-refractivity contribution is -0.135. The van der Waals surface area contributed by atoms with Crippen LogP contribution in [0.5, 0.6) is 17.2 Å². The third-order valence-corrected chi connectivity index (χ3v) is 4.73. The van der Waals surface area contributed by atoms with Crippen LogP contribution in [0.3, 0.4) is 0 Å². The molecule has 1 aliphatic heterocycles. The van der Waals surface area contributed by atoms with E-state index in [-0.39, 0.29) is 0 Å². The number of hydrogen-bond donors (Lipinski definition) is 0. The predicted octanol–water partition coefficient (Wildman–Crippen LogP) is 4.64. The Bertz CT molecular complexity index is 1230. The highest BCUT2D eigenvalue weighted by molar-refractivity contribution is 5.88. The molecule has 1 aromatic heterocycles. The molecule has 5 heteroatoms. The Morgan fingerprint density at radius 1 is 0.821 bits per heavy atom. The summed E-state index contributed by atoms with van der Waals surface area (Å²) >= 11 is 0. The minimum absolute atomic E-state index is 0.313. The van der Waals surface area contributed by atoms with Gasteiger partial charge in [0.2, 0.25) is 0 Å². The van der Waals surface area contributed by atoms with E-state index < -0.39 is 17.5 Å². The van der Waals surface area contributed by atoms with Crippen molar-refractivity contribution in [3.05, 3.63) is 100 Å². The SMILES string of the molecule is O=C(Oc1ccc2ccc(=O)oc2c1)C1c2ccccc2Oc2ccccc21. The number of ether oxygens (including phenoxy) is 2. The van der Waals surface area contributed by atoms with Gasteiger partial charge >= 0.3 is 11.6 Å². The van der Waals surface area contributed by atoms with E-state index >= 15 is 0 Å². The van der Waals surface area contributed by atoms with Gasteiger partial charge in [-0.1, -0.05) is 36.4 Å². The zero-order valence-corrected chi connectivity index (χ0v) is 14.6. The van der Waals surface area contributed by atoms with Gasteiger partial charge < -0.3 is 13.9 Å². The summed E-state index contributed by atoms with van der Waals surface area (Å²) in [5.74, 6) is 0.536. The van der Waals surface area contributed by atoms with Crippen LogP contribution in [0.2, 0.25) is 0 Å². The Morgan fingerprint density at radius 3 is 2.18 bits per heavy atom. The van der Waals surface area contributed by atoms with Crippen molar-refractivity contribution >= 4 is 16.9 Å². The molecular formula is C23H14O5. The van der Waals surface area contributed by atoms with E-state index in [1.165, 1.54) is 6.07 Å². The molecule has 0 bridgehead atoms. The highest BCUT2D eigenvalue weighted by Gasteiger charge is 2.33. The molecule has 0 unspecified atom stereocenters. The molecule has 5 rings (SSSR count). The second-order valence-corrected chi connectivity index (χ2v) is 6.49. The van der Waals surface area contributed by atoms with Crippen LogP contribution in [0.25, 0.3) is 11.0 Å². The number of hydrogen-bond acceptors (Lipinski definition) is 5. The molecule has 3 aromatic carbocycles. The van der Waals surface area contributed by atoms with E-state index in [0.717, 1.165) is 16.5 Å². The van der Waals surface area contributed by atoms with E-state index in [2.05, 4.69) is 0 Å². The molecule has 0 fully saturated rings. The van der Waals surface area contributed by atoms with Crippen LogP contribution in [0.4, 0.5) is 0 Å². The van der Waals surface area contributed by atoms with Crippen LogP contribution in [-0.4, -0.2) is 5.97 Å². The molecular weight excluding hydrogens is 356 g/mol. The molecule has 0 saturated heterocycles. The Hall–Kier alpha value is -3.86. The van der Waals surface area contributed by atoms with Crippen LogP contribution in [-0.2, 0) is 4.79 Å². The molecule has 0 atom stereocenters. The summed E-state index contributed by atoms with van der Waals surface area (Å²) in [6.45, 7) is 0. The minimum Gasteiger partial charge on any atom is -0.457 e. The predicted molar refractivity (Wildman–Crippen MR) is 103 cm³/mol. The number of carbonyl (C=O) groups excluding carboxylic acids is 1. The molecule has 2 heterocycles. The smallest absolute Gasteiger partial charge is 0.336 e. The van der Waals surface area contributed by atoms with E-state index in [9.17, 15) is 9.59 Å². The first kappa shape index (κ1) is 16.3. The summed E-state index contributed by atoms with van der Waals surface area (Å²) in [6, 6.07) is 22.8. The monoisotopic (exact) mass is 370 g/mol. The zero-order valence-electron chi connectivity index (χ0n) is 14.6. The van der Waals surface area contributed by atoms with E-state index in [1.807, 2.05) is 48.5 Å². The number of rotatable bonds is 2. The van der Waals surface area contributed by atoms with Crippen molar-refractivity contribution < 1.29 is 18.7 Å². The average Bonchev–Trinajstić information content (AvgIpc) is 2.71. The van der Waals surface area contributed by atoms with Gasteiger partial charge in [-0.25, -0.2) is 4.79 Å². The molecule has 5 nitrogen and oxygen atoms in total. The number of benzene rings is 3. The van der Waals surface area contributed by atoms with Crippen LogP contribution in [0.15, 0.2) is 88.1 Å². The quantitative estimate of drug-likeness (QED) is 0.292. The second-order valence-electron chi connectivity index (χ2n) is 6.49.